The Balaban J connectivity index is 1.76. The van der Waals surface area contributed by atoms with Crippen molar-refractivity contribution in [1.82, 2.24) is 4.68 Å². The summed E-state index contributed by atoms with van der Waals surface area (Å²) in [6, 6.07) is 23.3. The van der Waals surface area contributed by atoms with Crippen molar-refractivity contribution in [2.45, 2.75) is 6.54 Å². The Bertz CT molecular complexity index is 1280. The Hall–Kier alpha value is -3.16. The number of hydrogen-bond donors (Lipinski definition) is 1. The third-order valence-corrected chi connectivity index (χ3v) is 6.15. The van der Waals surface area contributed by atoms with Gasteiger partial charge < -0.3 is 9.84 Å². The molecule has 0 amide bonds. The highest BCUT2D eigenvalue weighted by molar-refractivity contribution is 9.10. The second-order valence-corrected chi connectivity index (χ2v) is 8.36. The molecule has 0 saturated carbocycles. The highest BCUT2D eigenvalue weighted by atomic mass is 79.9. The monoisotopic (exact) mass is 493 g/mol. The molecule has 4 aromatic rings. The molecule has 0 bridgehead atoms. The second-order valence-electron chi connectivity index (χ2n) is 6.67. The maximum atomic E-state index is 10.1. The predicted octanol–water partition coefficient (Wildman–Crippen LogP) is 5.68. The van der Waals surface area contributed by atoms with Crippen molar-refractivity contribution in [2.24, 2.45) is 10.1 Å². The summed E-state index contributed by atoms with van der Waals surface area (Å²) in [6.07, 6.45) is 1.70. The number of halogens is 1. The lowest BCUT2D eigenvalue weighted by atomic mass is 10.2. The Labute approximate surface area is 192 Å². The summed E-state index contributed by atoms with van der Waals surface area (Å²) in [5, 5.41) is 16.8. The number of methoxy groups -OCH3 is 1. The molecule has 0 aliphatic carbocycles. The van der Waals surface area contributed by atoms with E-state index >= 15 is 0 Å². The second kappa shape index (κ2) is 9.76. The van der Waals surface area contributed by atoms with Crippen LogP contribution in [-0.2, 0) is 6.54 Å². The smallest absolute Gasteiger partial charge is 0.206 e. The van der Waals surface area contributed by atoms with Crippen molar-refractivity contribution in [3.05, 3.63) is 98.6 Å². The van der Waals surface area contributed by atoms with Crippen LogP contribution in [0.5, 0.6) is 11.5 Å². The van der Waals surface area contributed by atoms with E-state index in [0.29, 0.717) is 12.3 Å². The first kappa shape index (κ1) is 21.1. The van der Waals surface area contributed by atoms with E-state index in [1.807, 2.05) is 58.6 Å². The van der Waals surface area contributed by atoms with E-state index in [1.54, 1.807) is 18.3 Å². The highest BCUT2D eigenvalue weighted by Gasteiger charge is 2.10. The topological polar surface area (TPSA) is 59.1 Å². The maximum Gasteiger partial charge on any atom is 0.206 e. The lowest BCUT2D eigenvalue weighted by molar-refractivity contribution is 0.373. The zero-order valence-corrected chi connectivity index (χ0v) is 19.2. The number of nitrogens with zero attached hydrogens (tertiary/aromatic N) is 3. The summed E-state index contributed by atoms with van der Waals surface area (Å²) in [4.78, 5) is 5.57. The maximum absolute atomic E-state index is 10.1. The van der Waals surface area contributed by atoms with Gasteiger partial charge in [-0.2, -0.15) is 5.10 Å². The summed E-state index contributed by atoms with van der Waals surface area (Å²) >= 11 is 5.17. The lowest BCUT2D eigenvalue weighted by Crippen LogP contribution is -2.12. The number of aromatic nitrogens is 1. The molecule has 1 aromatic heterocycles. The molecule has 0 aliphatic rings. The Morgan fingerprint density at radius 3 is 2.58 bits per heavy atom. The number of phenolic OH excluding ortho intramolecular Hbond substituents is 1. The molecule has 0 spiro atoms. The van der Waals surface area contributed by atoms with E-state index in [-0.39, 0.29) is 5.75 Å². The summed E-state index contributed by atoms with van der Waals surface area (Å²) in [5.74, 6) is 0.495. The van der Waals surface area contributed by atoms with E-state index in [0.717, 1.165) is 31.7 Å². The number of thiazole rings is 1. The van der Waals surface area contributed by atoms with Gasteiger partial charge in [-0.1, -0.05) is 64.5 Å². The number of aromatic hydroxyl groups is 1. The van der Waals surface area contributed by atoms with E-state index < -0.39 is 0 Å². The SMILES string of the molecule is COc1ccc(C=Nn2c(-c3ccccc3Br)csc2=NCc2ccccc2)cc1O. The van der Waals surface area contributed by atoms with Crippen LogP contribution in [0.1, 0.15) is 11.1 Å². The molecule has 1 heterocycles. The van der Waals surface area contributed by atoms with Gasteiger partial charge in [0.05, 0.1) is 25.6 Å². The first-order chi connectivity index (χ1) is 15.2. The minimum atomic E-state index is 0.0711. The first-order valence-corrected chi connectivity index (χ1v) is 11.2. The van der Waals surface area contributed by atoms with Gasteiger partial charge in [0.25, 0.3) is 0 Å². The molecule has 4 rings (SSSR count). The molecule has 156 valence electrons. The van der Waals surface area contributed by atoms with Gasteiger partial charge in [0.2, 0.25) is 4.80 Å². The summed E-state index contributed by atoms with van der Waals surface area (Å²) in [5.41, 5.74) is 3.84. The number of ether oxygens (including phenoxy) is 1. The van der Waals surface area contributed by atoms with Crippen LogP contribution in [0.15, 0.2) is 92.7 Å². The van der Waals surface area contributed by atoms with E-state index in [4.69, 9.17) is 14.8 Å². The van der Waals surface area contributed by atoms with E-state index in [2.05, 4.69) is 28.1 Å². The molecular formula is C24H20BrN3O2S. The summed E-state index contributed by atoms with van der Waals surface area (Å²) < 4.78 is 7.92. The van der Waals surface area contributed by atoms with Gasteiger partial charge in [0.15, 0.2) is 11.5 Å². The van der Waals surface area contributed by atoms with E-state index in [9.17, 15) is 5.11 Å². The predicted molar refractivity (Wildman–Crippen MR) is 129 cm³/mol. The lowest BCUT2D eigenvalue weighted by Gasteiger charge is -2.06. The molecule has 0 atom stereocenters. The van der Waals surface area contributed by atoms with Gasteiger partial charge in [0.1, 0.15) is 0 Å². The van der Waals surface area contributed by atoms with Gasteiger partial charge in [0, 0.05) is 15.4 Å². The average Bonchev–Trinajstić information content (AvgIpc) is 3.20. The van der Waals surface area contributed by atoms with Crippen LogP contribution >= 0.6 is 27.3 Å². The Kier molecular flexibility index (Phi) is 6.64. The van der Waals surface area contributed by atoms with Crippen molar-refractivity contribution in [3.8, 4) is 22.8 Å². The van der Waals surface area contributed by atoms with E-state index in [1.165, 1.54) is 18.4 Å². The molecule has 0 aliphatic heterocycles. The fourth-order valence-electron chi connectivity index (χ4n) is 3.03. The zero-order valence-electron chi connectivity index (χ0n) is 16.8. The first-order valence-electron chi connectivity index (χ1n) is 9.57. The normalized spacial score (nSPS) is 11.9. The number of phenols is 1. The van der Waals surface area contributed by atoms with Crippen molar-refractivity contribution in [3.63, 3.8) is 0 Å². The quantitative estimate of drug-likeness (QED) is 0.351. The molecule has 3 aromatic carbocycles. The molecule has 0 radical (unpaired) electrons. The van der Waals surface area contributed by atoms with Crippen LogP contribution in [0, 0.1) is 0 Å². The molecule has 5 nitrogen and oxygen atoms in total. The van der Waals surface area contributed by atoms with Crippen LogP contribution in [0.2, 0.25) is 0 Å². The van der Waals surface area contributed by atoms with Gasteiger partial charge in [-0.25, -0.2) is 4.68 Å². The molecule has 0 fully saturated rings. The minimum Gasteiger partial charge on any atom is -0.504 e. The van der Waals surface area contributed by atoms with Crippen molar-refractivity contribution in [1.29, 1.82) is 0 Å². The molecule has 0 saturated heterocycles. The van der Waals surface area contributed by atoms with Gasteiger partial charge in [-0.15, -0.1) is 11.3 Å². The summed E-state index contributed by atoms with van der Waals surface area (Å²) in [6.45, 7) is 0.565. The third-order valence-electron chi connectivity index (χ3n) is 4.60. The Morgan fingerprint density at radius 2 is 1.84 bits per heavy atom. The number of hydrogen-bond acceptors (Lipinski definition) is 5. The summed E-state index contributed by atoms with van der Waals surface area (Å²) in [7, 11) is 1.52. The van der Waals surface area contributed by atoms with Crippen LogP contribution in [0.25, 0.3) is 11.3 Å². The van der Waals surface area contributed by atoms with Gasteiger partial charge in [-0.3, -0.25) is 4.99 Å². The van der Waals surface area contributed by atoms with Crippen LogP contribution in [0.4, 0.5) is 0 Å². The average molecular weight is 494 g/mol. The van der Waals surface area contributed by atoms with Crippen LogP contribution < -0.4 is 9.54 Å². The van der Waals surface area contributed by atoms with Crippen LogP contribution in [0.3, 0.4) is 0 Å². The van der Waals surface area contributed by atoms with Gasteiger partial charge in [-0.05, 0) is 35.4 Å². The van der Waals surface area contributed by atoms with Crippen molar-refractivity contribution >= 4 is 33.5 Å². The number of rotatable bonds is 6. The van der Waals surface area contributed by atoms with Gasteiger partial charge >= 0.3 is 0 Å². The Morgan fingerprint density at radius 1 is 1.06 bits per heavy atom. The third kappa shape index (κ3) is 4.95. The van der Waals surface area contributed by atoms with Crippen molar-refractivity contribution < 1.29 is 9.84 Å². The molecule has 31 heavy (non-hydrogen) atoms. The van der Waals surface area contributed by atoms with Crippen molar-refractivity contribution in [2.75, 3.05) is 7.11 Å². The minimum absolute atomic E-state index is 0.0711. The molecule has 0 unspecified atom stereocenters. The fraction of sp³-hybridized carbons (Fsp3) is 0.0833. The fourth-order valence-corrected chi connectivity index (χ4v) is 4.34. The standard InChI is InChI=1S/C24H20BrN3O2S/c1-30-23-12-11-18(13-22(23)29)15-27-28-21(19-9-5-6-10-20(19)25)16-31-24(28)26-14-17-7-3-2-4-8-17/h2-13,15-16,29H,14H2,1H3. The molecule has 7 heteroatoms. The van der Waals surface area contributed by atoms with Crippen LogP contribution in [-0.4, -0.2) is 23.1 Å². The highest BCUT2D eigenvalue weighted by Crippen LogP contribution is 2.29. The molecular weight excluding hydrogens is 474 g/mol. The molecule has 1 N–H and O–H groups in total. The number of benzene rings is 3. The largest absolute Gasteiger partial charge is 0.504 e. The zero-order chi connectivity index (χ0) is 21.6.